The first-order valence-corrected chi connectivity index (χ1v) is 9.83. The molecule has 1 fully saturated rings. The molecular formula is C19H33N5O. The predicted octanol–water partition coefficient (Wildman–Crippen LogP) is 1.99. The highest BCUT2D eigenvalue weighted by Gasteiger charge is 2.25. The average molecular weight is 348 g/mol. The molecule has 25 heavy (non-hydrogen) atoms. The Hall–Kier alpha value is -1.40. The standard InChI is InChI=1S/C19H33N5O/c1-22(2)10-6-9-19(25)20-14-16-13-18-15-23(11-12-24(18)21-16)17-7-4-3-5-8-17/h13,17H,3-12,14-15H2,1-2H3,(H,20,25). The highest BCUT2D eigenvalue weighted by atomic mass is 16.1. The Balaban J connectivity index is 1.46. The highest BCUT2D eigenvalue weighted by molar-refractivity contribution is 5.75. The van der Waals surface area contributed by atoms with Gasteiger partial charge in [0.05, 0.1) is 24.5 Å². The van der Waals surface area contributed by atoms with Crippen molar-refractivity contribution in [2.45, 2.75) is 70.6 Å². The minimum atomic E-state index is 0.122. The Morgan fingerprint density at radius 1 is 1.28 bits per heavy atom. The molecule has 1 aromatic heterocycles. The van der Waals surface area contributed by atoms with Gasteiger partial charge in [-0.25, -0.2) is 0 Å². The third-order valence-corrected chi connectivity index (χ3v) is 5.44. The summed E-state index contributed by atoms with van der Waals surface area (Å²) < 4.78 is 2.13. The Labute approximate surface area is 151 Å². The fourth-order valence-corrected chi connectivity index (χ4v) is 4.02. The zero-order valence-corrected chi connectivity index (χ0v) is 15.8. The van der Waals surface area contributed by atoms with E-state index in [2.05, 4.69) is 31.0 Å². The summed E-state index contributed by atoms with van der Waals surface area (Å²) in [5.41, 5.74) is 2.29. The van der Waals surface area contributed by atoms with E-state index in [1.807, 2.05) is 14.1 Å². The number of rotatable bonds is 7. The largest absolute Gasteiger partial charge is 0.350 e. The van der Waals surface area contributed by atoms with Gasteiger partial charge < -0.3 is 10.2 Å². The smallest absolute Gasteiger partial charge is 0.220 e. The lowest BCUT2D eigenvalue weighted by Crippen LogP contribution is -2.42. The molecule has 0 radical (unpaired) electrons. The molecule has 1 N–H and O–H groups in total. The van der Waals surface area contributed by atoms with E-state index in [4.69, 9.17) is 0 Å². The third kappa shape index (κ3) is 5.28. The second-order valence-corrected chi connectivity index (χ2v) is 7.80. The van der Waals surface area contributed by atoms with Crippen molar-refractivity contribution in [3.63, 3.8) is 0 Å². The first-order chi connectivity index (χ1) is 12.1. The number of aromatic nitrogens is 2. The van der Waals surface area contributed by atoms with Crippen LogP contribution >= 0.6 is 0 Å². The number of hydrogen-bond acceptors (Lipinski definition) is 4. The van der Waals surface area contributed by atoms with E-state index < -0.39 is 0 Å². The number of fused-ring (bicyclic) bond motifs is 1. The minimum absolute atomic E-state index is 0.122. The lowest BCUT2D eigenvalue weighted by molar-refractivity contribution is -0.121. The van der Waals surface area contributed by atoms with Gasteiger partial charge in [-0.3, -0.25) is 14.4 Å². The normalized spacial score (nSPS) is 19.2. The molecule has 1 aliphatic heterocycles. The quantitative estimate of drug-likeness (QED) is 0.820. The lowest BCUT2D eigenvalue weighted by atomic mass is 9.94. The summed E-state index contributed by atoms with van der Waals surface area (Å²) in [6, 6.07) is 2.94. The predicted molar refractivity (Wildman–Crippen MR) is 99.1 cm³/mol. The van der Waals surface area contributed by atoms with Crippen LogP contribution in [0.1, 0.15) is 56.3 Å². The third-order valence-electron chi connectivity index (χ3n) is 5.44. The van der Waals surface area contributed by atoms with Gasteiger partial charge in [-0.2, -0.15) is 5.10 Å². The molecule has 6 heteroatoms. The van der Waals surface area contributed by atoms with E-state index in [-0.39, 0.29) is 5.91 Å². The van der Waals surface area contributed by atoms with Crippen LogP contribution in [-0.2, 0) is 24.4 Å². The molecule has 1 aliphatic carbocycles. The maximum absolute atomic E-state index is 11.9. The number of carbonyl (C=O) groups excluding carboxylic acids is 1. The molecular weight excluding hydrogens is 314 g/mol. The van der Waals surface area contributed by atoms with Crippen molar-refractivity contribution in [1.82, 2.24) is 24.9 Å². The number of nitrogens with one attached hydrogen (secondary N) is 1. The minimum Gasteiger partial charge on any atom is -0.350 e. The van der Waals surface area contributed by atoms with Crippen molar-refractivity contribution in [2.24, 2.45) is 0 Å². The highest BCUT2D eigenvalue weighted by Crippen LogP contribution is 2.26. The number of hydrogen-bond donors (Lipinski definition) is 1. The summed E-state index contributed by atoms with van der Waals surface area (Å²) in [4.78, 5) is 16.7. The van der Waals surface area contributed by atoms with Crippen LogP contribution in [0.2, 0.25) is 0 Å². The average Bonchev–Trinajstić information content (AvgIpc) is 3.02. The Bertz CT molecular complexity index is 562. The van der Waals surface area contributed by atoms with Crippen LogP contribution in [0.15, 0.2) is 6.07 Å². The van der Waals surface area contributed by atoms with Gasteiger partial charge in [-0.05, 0) is 46.0 Å². The molecule has 1 aromatic rings. The molecule has 3 rings (SSSR count). The monoisotopic (exact) mass is 347 g/mol. The van der Waals surface area contributed by atoms with Crippen molar-refractivity contribution in [2.75, 3.05) is 27.2 Å². The summed E-state index contributed by atoms with van der Waals surface area (Å²) in [5.74, 6) is 0.122. The van der Waals surface area contributed by atoms with Crippen LogP contribution in [0.5, 0.6) is 0 Å². The lowest BCUT2D eigenvalue weighted by Gasteiger charge is -2.36. The molecule has 0 saturated heterocycles. The Morgan fingerprint density at radius 2 is 2.08 bits per heavy atom. The summed E-state index contributed by atoms with van der Waals surface area (Å²) in [6.45, 7) is 4.58. The van der Waals surface area contributed by atoms with Crippen molar-refractivity contribution in [3.05, 3.63) is 17.5 Å². The van der Waals surface area contributed by atoms with Crippen LogP contribution < -0.4 is 5.32 Å². The maximum Gasteiger partial charge on any atom is 0.220 e. The Kier molecular flexibility index (Phi) is 6.48. The number of amides is 1. The zero-order valence-electron chi connectivity index (χ0n) is 15.8. The van der Waals surface area contributed by atoms with Crippen molar-refractivity contribution in [3.8, 4) is 0 Å². The molecule has 1 amide bonds. The van der Waals surface area contributed by atoms with Crippen molar-refractivity contribution in [1.29, 1.82) is 0 Å². The molecule has 0 bridgehead atoms. The first-order valence-electron chi connectivity index (χ1n) is 9.83. The maximum atomic E-state index is 11.9. The van der Waals surface area contributed by atoms with E-state index in [0.29, 0.717) is 13.0 Å². The molecule has 0 unspecified atom stereocenters. The van der Waals surface area contributed by atoms with Gasteiger partial charge in [-0.15, -0.1) is 0 Å². The van der Waals surface area contributed by atoms with Crippen molar-refractivity contribution >= 4 is 5.91 Å². The van der Waals surface area contributed by atoms with E-state index >= 15 is 0 Å². The van der Waals surface area contributed by atoms with Gasteiger partial charge in [0.1, 0.15) is 0 Å². The zero-order chi connectivity index (χ0) is 17.6. The van der Waals surface area contributed by atoms with E-state index in [9.17, 15) is 4.79 Å². The molecule has 0 spiro atoms. The fraction of sp³-hybridized carbons (Fsp3) is 0.789. The number of nitrogens with zero attached hydrogens (tertiary/aromatic N) is 4. The Morgan fingerprint density at radius 3 is 2.84 bits per heavy atom. The van der Waals surface area contributed by atoms with Gasteiger partial charge in [0.2, 0.25) is 5.91 Å². The van der Waals surface area contributed by atoms with Gasteiger partial charge >= 0.3 is 0 Å². The van der Waals surface area contributed by atoms with Gasteiger partial charge in [0.25, 0.3) is 0 Å². The van der Waals surface area contributed by atoms with E-state index in [1.54, 1.807) is 0 Å². The molecule has 0 atom stereocenters. The van der Waals surface area contributed by atoms with E-state index in [0.717, 1.165) is 44.3 Å². The molecule has 2 heterocycles. The second kappa shape index (κ2) is 8.81. The summed E-state index contributed by atoms with van der Waals surface area (Å²) in [5, 5.41) is 7.69. The summed E-state index contributed by atoms with van der Waals surface area (Å²) >= 11 is 0. The second-order valence-electron chi connectivity index (χ2n) is 7.80. The molecule has 140 valence electrons. The topological polar surface area (TPSA) is 53.4 Å². The molecule has 1 saturated carbocycles. The number of carbonyl (C=O) groups is 1. The molecule has 2 aliphatic rings. The van der Waals surface area contributed by atoms with Gasteiger partial charge in [0.15, 0.2) is 0 Å². The summed E-state index contributed by atoms with van der Waals surface area (Å²) in [6.07, 6.45) is 8.35. The van der Waals surface area contributed by atoms with Crippen LogP contribution in [-0.4, -0.2) is 58.7 Å². The van der Waals surface area contributed by atoms with Crippen LogP contribution in [0.3, 0.4) is 0 Å². The van der Waals surface area contributed by atoms with Gasteiger partial charge in [-0.1, -0.05) is 19.3 Å². The molecule has 0 aromatic carbocycles. The van der Waals surface area contributed by atoms with Crippen LogP contribution in [0.25, 0.3) is 0 Å². The first kappa shape index (κ1) is 18.4. The van der Waals surface area contributed by atoms with E-state index in [1.165, 1.54) is 37.8 Å². The van der Waals surface area contributed by atoms with Crippen molar-refractivity contribution < 1.29 is 4.79 Å². The SMILES string of the molecule is CN(C)CCCC(=O)NCc1cc2n(n1)CCN(C1CCCCC1)C2. The fourth-order valence-electron chi connectivity index (χ4n) is 4.02. The van der Waals surface area contributed by atoms with Gasteiger partial charge in [0, 0.05) is 25.6 Å². The summed E-state index contributed by atoms with van der Waals surface area (Å²) in [7, 11) is 4.06. The van der Waals surface area contributed by atoms with Crippen LogP contribution in [0.4, 0.5) is 0 Å². The molecule has 6 nitrogen and oxygen atoms in total. The van der Waals surface area contributed by atoms with Crippen LogP contribution in [0, 0.1) is 0 Å².